The molecule has 0 bridgehead atoms. The zero-order valence-corrected chi connectivity index (χ0v) is 14.8. The molecule has 2 heterocycles. The van der Waals surface area contributed by atoms with Gasteiger partial charge in [0.05, 0.1) is 5.25 Å². The summed E-state index contributed by atoms with van der Waals surface area (Å²) in [7, 11) is 0. The minimum atomic E-state index is -0.392. The molecule has 4 amide bonds. The minimum Gasteiger partial charge on any atom is -0.280 e. The second-order valence-electron chi connectivity index (χ2n) is 6.02. The molecule has 1 unspecified atom stereocenters. The molecule has 1 fully saturated rings. The fourth-order valence-corrected chi connectivity index (χ4v) is 3.99. The minimum absolute atomic E-state index is 0.0660. The van der Waals surface area contributed by atoms with Gasteiger partial charge >= 0.3 is 0 Å². The second-order valence-corrected chi connectivity index (χ2v) is 7.33. The Bertz CT molecular complexity index is 529. The standard InChI is InChI=1S/C17H24N2O4S/c1-2-3-4-5-6-11-24-13-12-16(22)19(17(13)23)10-9-18-14(20)7-8-15(18)21/h7-8,13H,2-6,9-12H2,1H3. The van der Waals surface area contributed by atoms with Gasteiger partial charge in [0.15, 0.2) is 0 Å². The van der Waals surface area contributed by atoms with E-state index < -0.39 is 11.8 Å². The van der Waals surface area contributed by atoms with Gasteiger partial charge in [-0.25, -0.2) is 0 Å². The van der Waals surface area contributed by atoms with Gasteiger partial charge in [-0.2, -0.15) is 0 Å². The summed E-state index contributed by atoms with van der Waals surface area (Å²) in [4.78, 5) is 49.6. The van der Waals surface area contributed by atoms with Crippen LogP contribution in [0, 0.1) is 0 Å². The Morgan fingerprint density at radius 3 is 2.25 bits per heavy atom. The first-order valence-corrected chi connectivity index (χ1v) is 9.58. The monoisotopic (exact) mass is 352 g/mol. The lowest BCUT2D eigenvalue weighted by Gasteiger charge is -2.19. The predicted molar refractivity (Wildman–Crippen MR) is 92.2 cm³/mol. The van der Waals surface area contributed by atoms with Crippen LogP contribution in [0.2, 0.25) is 0 Å². The number of hydrogen-bond acceptors (Lipinski definition) is 5. The number of nitrogens with zero attached hydrogens (tertiary/aromatic N) is 2. The van der Waals surface area contributed by atoms with E-state index in [0.717, 1.165) is 23.5 Å². The number of unbranched alkanes of at least 4 members (excludes halogenated alkanes) is 4. The van der Waals surface area contributed by atoms with Crippen LogP contribution in [0.25, 0.3) is 0 Å². The largest absolute Gasteiger partial charge is 0.280 e. The summed E-state index contributed by atoms with van der Waals surface area (Å²) in [5.41, 5.74) is 0. The molecule has 0 aromatic carbocycles. The van der Waals surface area contributed by atoms with Crippen LogP contribution in [0.5, 0.6) is 0 Å². The summed E-state index contributed by atoms with van der Waals surface area (Å²) < 4.78 is 0. The summed E-state index contributed by atoms with van der Waals surface area (Å²) in [6, 6.07) is 0. The average molecular weight is 352 g/mol. The Labute approximate surface area is 146 Å². The van der Waals surface area contributed by atoms with Crippen LogP contribution in [0.15, 0.2) is 12.2 Å². The van der Waals surface area contributed by atoms with Crippen molar-refractivity contribution in [2.24, 2.45) is 0 Å². The number of carbonyl (C=O) groups is 4. The highest BCUT2D eigenvalue weighted by Gasteiger charge is 2.39. The van der Waals surface area contributed by atoms with Crippen molar-refractivity contribution in [1.82, 2.24) is 9.80 Å². The zero-order valence-electron chi connectivity index (χ0n) is 14.0. The number of imide groups is 2. The second kappa shape index (κ2) is 9.01. The lowest BCUT2D eigenvalue weighted by Crippen LogP contribution is -2.41. The molecule has 2 aliphatic heterocycles. The first kappa shape index (κ1) is 18.7. The number of carbonyl (C=O) groups excluding carboxylic acids is 4. The lowest BCUT2D eigenvalue weighted by atomic mass is 10.2. The summed E-state index contributed by atoms with van der Waals surface area (Å²) in [5.74, 6) is -0.302. The Morgan fingerprint density at radius 1 is 0.958 bits per heavy atom. The van der Waals surface area contributed by atoms with E-state index in [1.165, 1.54) is 36.3 Å². The Balaban J connectivity index is 1.73. The highest BCUT2D eigenvalue weighted by molar-refractivity contribution is 8.00. The summed E-state index contributed by atoms with van der Waals surface area (Å²) in [6.07, 6.45) is 8.50. The van der Waals surface area contributed by atoms with Gasteiger partial charge in [0.1, 0.15) is 0 Å². The topological polar surface area (TPSA) is 74.8 Å². The van der Waals surface area contributed by atoms with Crippen molar-refractivity contribution in [2.75, 3.05) is 18.8 Å². The van der Waals surface area contributed by atoms with Crippen LogP contribution in [0.3, 0.4) is 0 Å². The molecule has 0 saturated carbocycles. The Kier molecular flexibility index (Phi) is 7.02. The molecule has 2 rings (SSSR count). The van der Waals surface area contributed by atoms with Crippen molar-refractivity contribution in [3.05, 3.63) is 12.2 Å². The van der Waals surface area contributed by atoms with Crippen LogP contribution < -0.4 is 0 Å². The molecule has 132 valence electrons. The molecule has 6 nitrogen and oxygen atoms in total. The number of rotatable bonds is 10. The van der Waals surface area contributed by atoms with Crippen molar-refractivity contribution < 1.29 is 19.2 Å². The van der Waals surface area contributed by atoms with Crippen LogP contribution >= 0.6 is 11.8 Å². The zero-order chi connectivity index (χ0) is 17.5. The van der Waals surface area contributed by atoms with E-state index in [9.17, 15) is 19.2 Å². The van der Waals surface area contributed by atoms with Crippen LogP contribution in [-0.4, -0.2) is 57.5 Å². The van der Waals surface area contributed by atoms with Crippen LogP contribution in [0.4, 0.5) is 0 Å². The van der Waals surface area contributed by atoms with E-state index in [2.05, 4.69) is 6.92 Å². The molecule has 1 atom stereocenters. The molecule has 1 saturated heterocycles. The van der Waals surface area contributed by atoms with Crippen LogP contribution in [0.1, 0.15) is 45.4 Å². The fraction of sp³-hybridized carbons (Fsp3) is 0.647. The maximum atomic E-state index is 12.3. The van der Waals surface area contributed by atoms with E-state index in [0.29, 0.717) is 0 Å². The molecule has 0 spiro atoms. The van der Waals surface area contributed by atoms with Crippen molar-refractivity contribution in [1.29, 1.82) is 0 Å². The highest BCUT2D eigenvalue weighted by Crippen LogP contribution is 2.26. The van der Waals surface area contributed by atoms with E-state index in [4.69, 9.17) is 0 Å². The van der Waals surface area contributed by atoms with Gasteiger partial charge in [-0.15, -0.1) is 11.8 Å². The van der Waals surface area contributed by atoms with Crippen molar-refractivity contribution in [3.63, 3.8) is 0 Å². The molecular weight excluding hydrogens is 328 g/mol. The Hall–Kier alpha value is -1.63. The van der Waals surface area contributed by atoms with Crippen molar-refractivity contribution in [2.45, 2.75) is 50.7 Å². The lowest BCUT2D eigenvalue weighted by molar-refractivity contribution is -0.142. The van der Waals surface area contributed by atoms with Gasteiger partial charge in [0.25, 0.3) is 11.8 Å². The van der Waals surface area contributed by atoms with Gasteiger partial charge in [-0.3, -0.25) is 29.0 Å². The van der Waals surface area contributed by atoms with Gasteiger partial charge in [-0.1, -0.05) is 32.6 Å². The molecule has 2 aliphatic rings. The SMILES string of the molecule is CCCCCCCSC1CC(=O)N(CCN2C(=O)C=CC2=O)C1=O. The van der Waals surface area contributed by atoms with Gasteiger partial charge < -0.3 is 0 Å². The number of hydrogen-bond donors (Lipinski definition) is 0. The summed E-state index contributed by atoms with van der Waals surface area (Å²) >= 11 is 1.55. The molecule has 24 heavy (non-hydrogen) atoms. The molecule has 0 aromatic heterocycles. The van der Waals surface area contributed by atoms with E-state index in [-0.39, 0.29) is 36.6 Å². The molecule has 7 heteroatoms. The third-order valence-corrected chi connectivity index (χ3v) is 5.51. The number of thioether (sulfide) groups is 1. The molecule has 0 aliphatic carbocycles. The third-order valence-electron chi connectivity index (χ3n) is 4.22. The molecule has 0 aromatic rings. The Morgan fingerprint density at radius 2 is 1.58 bits per heavy atom. The maximum Gasteiger partial charge on any atom is 0.253 e. The quantitative estimate of drug-likeness (QED) is 0.442. The van der Waals surface area contributed by atoms with Gasteiger partial charge in [-0.05, 0) is 12.2 Å². The molecule has 0 N–H and O–H groups in total. The van der Waals surface area contributed by atoms with E-state index >= 15 is 0 Å². The summed E-state index contributed by atoms with van der Waals surface area (Å²) in [5, 5.41) is -0.313. The number of likely N-dealkylation sites (tertiary alicyclic amines) is 1. The maximum absolute atomic E-state index is 12.3. The number of amides is 4. The predicted octanol–water partition coefficient (Wildman–Crippen LogP) is 1.74. The molecular formula is C17H24N2O4S. The van der Waals surface area contributed by atoms with Gasteiger partial charge in [0.2, 0.25) is 11.8 Å². The first-order valence-electron chi connectivity index (χ1n) is 8.54. The van der Waals surface area contributed by atoms with Crippen molar-refractivity contribution >= 4 is 35.4 Å². The average Bonchev–Trinajstić information content (AvgIpc) is 3.01. The third kappa shape index (κ3) is 4.69. The normalized spacial score (nSPS) is 20.8. The summed E-state index contributed by atoms with van der Waals surface area (Å²) in [6.45, 7) is 2.33. The highest BCUT2D eigenvalue weighted by atomic mass is 32.2. The fourth-order valence-electron chi connectivity index (χ4n) is 2.80. The van der Waals surface area contributed by atoms with E-state index in [1.54, 1.807) is 11.8 Å². The molecule has 0 radical (unpaired) electrons. The van der Waals surface area contributed by atoms with E-state index in [1.807, 2.05) is 0 Å². The van der Waals surface area contributed by atoms with Gasteiger partial charge in [0, 0.05) is 31.7 Å². The van der Waals surface area contributed by atoms with Crippen molar-refractivity contribution in [3.8, 4) is 0 Å². The van der Waals surface area contributed by atoms with Crippen LogP contribution in [-0.2, 0) is 19.2 Å². The smallest absolute Gasteiger partial charge is 0.253 e. The first-order chi connectivity index (χ1) is 11.5.